The van der Waals surface area contributed by atoms with Crippen LogP contribution in [0.25, 0.3) is 0 Å². The Morgan fingerprint density at radius 3 is 2.68 bits per heavy atom. The van der Waals surface area contributed by atoms with Gasteiger partial charge in [0.1, 0.15) is 0 Å². The molecule has 0 aromatic heterocycles. The Bertz CT molecular complexity index is 437. The van der Waals surface area contributed by atoms with E-state index in [0.29, 0.717) is 5.69 Å². The number of rotatable bonds is 7. The molecule has 1 rings (SSSR count). The van der Waals surface area contributed by atoms with Crippen LogP contribution >= 0.6 is 0 Å². The molecule has 0 aliphatic rings. The van der Waals surface area contributed by atoms with E-state index in [2.05, 4.69) is 5.32 Å². The van der Waals surface area contributed by atoms with Crippen molar-refractivity contribution in [1.29, 1.82) is 0 Å². The molecule has 6 nitrogen and oxygen atoms in total. The molecule has 0 aliphatic carbocycles. The first-order chi connectivity index (χ1) is 8.99. The molecular weight excluding hydrogens is 246 g/mol. The van der Waals surface area contributed by atoms with E-state index in [1.807, 2.05) is 31.9 Å². The van der Waals surface area contributed by atoms with E-state index in [-0.39, 0.29) is 18.3 Å². The Hall–Kier alpha value is -1.82. The highest BCUT2D eigenvalue weighted by Gasteiger charge is 2.15. The van der Waals surface area contributed by atoms with Crippen LogP contribution in [0.5, 0.6) is 0 Å². The Labute approximate surface area is 113 Å². The summed E-state index contributed by atoms with van der Waals surface area (Å²) in [6, 6.07) is 4.80. The number of anilines is 2. The largest absolute Gasteiger partial charge is 0.394 e. The fraction of sp³-hybridized carbons (Fsp3) is 0.538. The predicted molar refractivity (Wildman–Crippen MR) is 76.8 cm³/mol. The second-order valence-electron chi connectivity index (χ2n) is 4.56. The average Bonchev–Trinajstić information content (AvgIpc) is 2.42. The second kappa shape index (κ2) is 6.94. The standard InChI is InChI=1S/C13H21N3O3/c1-4-5-14-11-6-12(15(3)10(2)9-17)8-13(7-11)16(18)19/h6-8,10,14,17H,4-5,9H2,1-3H3. The van der Waals surface area contributed by atoms with Crippen molar-refractivity contribution in [3.8, 4) is 0 Å². The first-order valence-electron chi connectivity index (χ1n) is 6.36. The number of nitro groups is 1. The molecule has 0 bridgehead atoms. The highest BCUT2D eigenvalue weighted by atomic mass is 16.6. The van der Waals surface area contributed by atoms with Gasteiger partial charge >= 0.3 is 0 Å². The lowest BCUT2D eigenvalue weighted by Crippen LogP contribution is -2.31. The topological polar surface area (TPSA) is 78.6 Å². The summed E-state index contributed by atoms with van der Waals surface area (Å²) >= 11 is 0. The molecule has 0 spiro atoms. The smallest absolute Gasteiger partial charge is 0.273 e. The van der Waals surface area contributed by atoms with Crippen LogP contribution < -0.4 is 10.2 Å². The number of likely N-dealkylation sites (N-methyl/N-ethyl adjacent to an activating group) is 1. The minimum absolute atomic E-state index is 0.00306. The van der Waals surface area contributed by atoms with Gasteiger partial charge in [0.05, 0.1) is 11.5 Å². The number of aliphatic hydroxyl groups is 1. The number of non-ortho nitro benzene ring substituents is 1. The fourth-order valence-electron chi connectivity index (χ4n) is 1.65. The van der Waals surface area contributed by atoms with Crippen molar-refractivity contribution >= 4 is 17.1 Å². The third-order valence-electron chi connectivity index (χ3n) is 3.03. The van der Waals surface area contributed by atoms with Crippen molar-refractivity contribution in [1.82, 2.24) is 0 Å². The van der Waals surface area contributed by atoms with Crippen LogP contribution in [0, 0.1) is 10.1 Å². The summed E-state index contributed by atoms with van der Waals surface area (Å²) in [4.78, 5) is 12.4. The van der Waals surface area contributed by atoms with Crippen molar-refractivity contribution in [2.24, 2.45) is 0 Å². The molecular formula is C13H21N3O3. The molecule has 2 N–H and O–H groups in total. The summed E-state index contributed by atoms with van der Waals surface area (Å²) in [6.07, 6.45) is 0.945. The summed E-state index contributed by atoms with van der Waals surface area (Å²) in [5.74, 6) is 0. The number of hydrogen-bond acceptors (Lipinski definition) is 5. The van der Waals surface area contributed by atoms with Crippen molar-refractivity contribution in [3.63, 3.8) is 0 Å². The fourth-order valence-corrected chi connectivity index (χ4v) is 1.65. The highest BCUT2D eigenvalue weighted by Crippen LogP contribution is 2.27. The van der Waals surface area contributed by atoms with E-state index in [0.717, 1.165) is 18.7 Å². The monoisotopic (exact) mass is 267 g/mol. The molecule has 0 fully saturated rings. The molecule has 0 saturated heterocycles. The highest BCUT2D eigenvalue weighted by molar-refractivity contribution is 5.64. The summed E-state index contributed by atoms with van der Waals surface area (Å²) < 4.78 is 0. The van der Waals surface area contributed by atoms with Crippen molar-refractivity contribution in [2.75, 3.05) is 30.4 Å². The summed E-state index contributed by atoms with van der Waals surface area (Å²) in [5.41, 5.74) is 1.49. The lowest BCUT2D eigenvalue weighted by atomic mass is 10.2. The average molecular weight is 267 g/mol. The zero-order valence-corrected chi connectivity index (χ0v) is 11.6. The van der Waals surface area contributed by atoms with Crippen LogP contribution in [0.4, 0.5) is 17.1 Å². The molecule has 6 heteroatoms. The van der Waals surface area contributed by atoms with Gasteiger partial charge in [-0.05, 0) is 19.4 Å². The van der Waals surface area contributed by atoms with Gasteiger partial charge in [0.25, 0.3) is 5.69 Å². The van der Waals surface area contributed by atoms with Crippen molar-refractivity contribution in [2.45, 2.75) is 26.3 Å². The molecule has 1 unspecified atom stereocenters. The molecule has 19 heavy (non-hydrogen) atoms. The molecule has 1 atom stereocenters. The van der Waals surface area contributed by atoms with E-state index in [9.17, 15) is 10.1 Å². The van der Waals surface area contributed by atoms with Gasteiger partial charge in [-0.3, -0.25) is 10.1 Å². The van der Waals surface area contributed by atoms with Gasteiger partial charge < -0.3 is 15.3 Å². The zero-order valence-electron chi connectivity index (χ0n) is 11.6. The number of benzene rings is 1. The van der Waals surface area contributed by atoms with Crippen molar-refractivity contribution < 1.29 is 10.0 Å². The van der Waals surface area contributed by atoms with E-state index < -0.39 is 4.92 Å². The minimum Gasteiger partial charge on any atom is -0.394 e. The summed E-state index contributed by atoms with van der Waals surface area (Å²) in [7, 11) is 1.81. The number of nitro benzene ring substituents is 1. The van der Waals surface area contributed by atoms with Crippen LogP contribution in [-0.4, -0.2) is 36.3 Å². The first kappa shape index (κ1) is 15.2. The molecule has 0 saturated carbocycles. The van der Waals surface area contributed by atoms with Crippen LogP contribution in [0.2, 0.25) is 0 Å². The number of hydrogen-bond donors (Lipinski definition) is 2. The summed E-state index contributed by atoms with van der Waals surface area (Å²) in [6.45, 7) is 4.65. The third-order valence-corrected chi connectivity index (χ3v) is 3.03. The lowest BCUT2D eigenvalue weighted by molar-refractivity contribution is -0.384. The Morgan fingerprint density at radius 1 is 1.47 bits per heavy atom. The maximum absolute atomic E-state index is 11.0. The minimum atomic E-state index is -0.405. The van der Waals surface area contributed by atoms with Crippen LogP contribution in [0.1, 0.15) is 20.3 Å². The molecule has 106 valence electrons. The predicted octanol–water partition coefficient (Wildman–Crippen LogP) is 2.23. The quantitative estimate of drug-likeness (QED) is 0.585. The van der Waals surface area contributed by atoms with E-state index in [1.165, 1.54) is 12.1 Å². The number of aliphatic hydroxyl groups excluding tert-OH is 1. The zero-order chi connectivity index (χ0) is 14.4. The summed E-state index contributed by atoms with van der Waals surface area (Å²) in [5, 5.41) is 23.3. The Morgan fingerprint density at radius 2 is 2.16 bits per heavy atom. The third kappa shape index (κ3) is 4.10. The molecule has 1 aromatic rings. The maximum Gasteiger partial charge on any atom is 0.273 e. The van der Waals surface area contributed by atoms with Gasteiger partial charge in [0.15, 0.2) is 0 Å². The van der Waals surface area contributed by atoms with Gasteiger partial charge in [-0.15, -0.1) is 0 Å². The van der Waals surface area contributed by atoms with Gasteiger partial charge in [-0.25, -0.2) is 0 Å². The molecule has 0 amide bonds. The molecule has 1 aromatic carbocycles. The maximum atomic E-state index is 11.0. The van der Waals surface area contributed by atoms with Gasteiger partial charge in [-0.2, -0.15) is 0 Å². The van der Waals surface area contributed by atoms with E-state index >= 15 is 0 Å². The number of nitrogens with zero attached hydrogens (tertiary/aromatic N) is 2. The molecule has 0 heterocycles. The van der Waals surface area contributed by atoms with Gasteiger partial charge in [0.2, 0.25) is 0 Å². The van der Waals surface area contributed by atoms with Crippen LogP contribution in [0.15, 0.2) is 18.2 Å². The molecule has 0 radical (unpaired) electrons. The van der Waals surface area contributed by atoms with Crippen LogP contribution in [-0.2, 0) is 0 Å². The van der Waals surface area contributed by atoms with Gasteiger partial charge in [-0.1, -0.05) is 6.92 Å². The first-order valence-corrected chi connectivity index (χ1v) is 6.36. The lowest BCUT2D eigenvalue weighted by Gasteiger charge is -2.25. The van der Waals surface area contributed by atoms with Crippen LogP contribution in [0.3, 0.4) is 0 Å². The Balaban J connectivity index is 3.08. The normalized spacial score (nSPS) is 12.0. The second-order valence-corrected chi connectivity index (χ2v) is 4.56. The van der Waals surface area contributed by atoms with Gasteiger partial charge in [0, 0.05) is 43.1 Å². The van der Waals surface area contributed by atoms with E-state index in [4.69, 9.17) is 5.11 Å². The Kier molecular flexibility index (Phi) is 5.57. The molecule has 0 aliphatic heterocycles. The number of nitrogens with one attached hydrogen (secondary N) is 1. The SMILES string of the molecule is CCCNc1cc(N(C)C(C)CO)cc([N+](=O)[O-])c1. The van der Waals surface area contributed by atoms with E-state index in [1.54, 1.807) is 0 Å². The van der Waals surface area contributed by atoms with Crippen molar-refractivity contribution in [3.05, 3.63) is 28.3 Å².